The van der Waals surface area contributed by atoms with Gasteiger partial charge in [0, 0.05) is 50.9 Å². The number of benzene rings is 1. The number of fused-ring (bicyclic) bond motifs is 1. The van der Waals surface area contributed by atoms with Crippen molar-refractivity contribution < 1.29 is 28.6 Å². The topological polar surface area (TPSA) is 101 Å². The second-order valence-corrected chi connectivity index (χ2v) is 7.36. The molecule has 1 N–H and O–H groups in total. The van der Waals surface area contributed by atoms with Crippen LogP contribution in [0.15, 0.2) is 18.2 Å². The van der Waals surface area contributed by atoms with Crippen LogP contribution in [0.5, 0.6) is 11.5 Å². The summed E-state index contributed by atoms with van der Waals surface area (Å²) in [4.78, 5) is 41.8. The Morgan fingerprint density at radius 2 is 1.80 bits per heavy atom. The van der Waals surface area contributed by atoms with Crippen molar-refractivity contribution in [3.63, 3.8) is 0 Å². The Kier molecular flexibility index (Phi) is 5.82. The summed E-state index contributed by atoms with van der Waals surface area (Å²) in [6.45, 7) is 5.19. The van der Waals surface area contributed by atoms with Crippen LogP contribution in [0, 0.1) is 0 Å². The Labute approximate surface area is 174 Å². The van der Waals surface area contributed by atoms with Crippen molar-refractivity contribution in [2.75, 3.05) is 57.4 Å². The molecule has 2 fully saturated rings. The van der Waals surface area contributed by atoms with Gasteiger partial charge < -0.3 is 34.2 Å². The summed E-state index contributed by atoms with van der Waals surface area (Å²) in [5.41, 5.74) is 0.726. The molecule has 3 aliphatic rings. The first-order chi connectivity index (χ1) is 14.5. The largest absolute Gasteiger partial charge is 0.486 e. The molecule has 1 aromatic rings. The second-order valence-electron chi connectivity index (χ2n) is 7.36. The number of piperazine rings is 1. The van der Waals surface area contributed by atoms with Crippen LogP contribution in [0.3, 0.4) is 0 Å². The van der Waals surface area contributed by atoms with Crippen LogP contribution in [0.1, 0.15) is 13.3 Å². The lowest BCUT2D eigenvalue weighted by molar-refractivity contribution is -0.117. The average molecular weight is 418 g/mol. The van der Waals surface area contributed by atoms with Gasteiger partial charge in [-0.2, -0.15) is 0 Å². The smallest absolute Gasteiger partial charge is 0.409 e. The van der Waals surface area contributed by atoms with Gasteiger partial charge in [0.1, 0.15) is 13.2 Å². The minimum atomic E-state index is -0.353. The molecule has 1 atom stereocenters. The van der Waals surface area contributed by atoms with Crippen LogP contribution in [-0.4, -0.2) is 86.4 Å². The second kappa shape index (κ2) is 8.68. The normalized spacial score (nSPS) is 20.9. The number of hydrogen-bond donors (Lipinski definition) is 1. The Balaban J connectivity index is 1.31. The standard InChI is InChI=1S/C20H26N4O6/c1-2-28-20(27)23-7-5-22(6-8-23)19(26)21-14-11-18(25)24(13-14)15-3-4-16-17(12-15)30-10-9-29-16/h3-4,12,14H,2,5-11,13H2,1H3,(H,21,26)/t14-/m1/s1. The summed E-state index contributed by atoms with van der Waals surface area (Å²) in [6, 6.07) is 4.92. The van der Waals surface area contributed by atoms with Crippen molar-refractivity contribution in [1.82, 2.24) is 15.1 Å². The first-order valence-electron chi connectivity index (χ1n) is 10.2. The maximum Gasteiger partial charge on any atom is 0.409 e. The molecule has 30 heavy (non-hydrogen) atoms. The van der Waals surface area contributed by atoms with E-state index in [1.165, 1.54) is 0 Å². The van der Waals surface area contributed by atoms with Gasteiger partial charge >= 0.3 is 12.1 Å². The average Bonchev–Trinajstić information content (AvgIpc) is 3.13. The van der Waals surface area contributed by atoms with Crippen LogP contribution >= 0.6 is 0 Å². The van der Waals surface area contributed by atoms with Gasteiger partial charge in [-0.05, 0) is 19.1 Å². The Bertz CT molecular complexity index is 824. The van der Waals surface area contributed by atoms with Crippen LogP contribution in [-0.2, 0) is 9.53 Å². The first kappa shape index (κ1) is 20.1. The molecule has 0 aliphatic carbocycles. The van der Waals surface area contributed by atoms with Crippen LogP contribution in [0.25, 0.3) is 0 Å². The Morgan fingerprint density at radius 1 is 1.10 bits per heavy atom. The van der Waals surface area contributed by atoms with E-state index in [4.69, 9.17) is 14.2 Å². The molecule has 3 aliphatic heterocycles. The zero-order chi connectivity index (χ0) is 21.1. The highest BCUT2D eigenvalue weighted by atomic mass is 16.6. The van der Waals surface area contributed by atoms with E-state index in [0.29, 0.717) is 64.0 Å². The molecule has 4 rings (SSSR count). The van der Waals surface area contributed by atoms with E-state index >= 15 is 0 Å². The van der Waals surface area contributed by atoms with E-state index in [1.54, 1.807) is 33.8 Å². The van der Waals surface area contributed by atoms with Crippen LogP contribution < -0.4 is 19.7 Å². The van der Waals surface area contributed by atoms with Crippen molar-refractivity contribution >= 4 is 23.7 Å². The number of anilines is 1. The van der Waals surface area contributed by atoms with E-state index in [2.05, 4.69) is 5.32 Å². The predicted octanol–water partition coefficient (Wildman–Crippen LogP) is 1.05. The van der Waals surface area contributed by atoms with E-state index in [9.17, 15) is 14.4 Å². The first-order valence-corrected chi connectivity index (χ1v) is 10.2. The Morgan fingerprint density at radius 3 is 2.53 bits per heavy atom. The van der Waals surface area contributed by atoms with Crippen molar-refractivity contribution in [2.24, 2.45) is 0 Å². The fourth-order valence-electron chi connectivity index (χ4n) is 3.83. The van der Waals surface area contributed by atoms with Gasteiger partial charge in [-0.1, -0.05) is 0 Å². The number of hydrogen-bond acceptors (Lipinski definition) is 6. The summed E-state index contributed by atoms with van der Waals surface area (Å²) in [5.74, 6) is 1.24. The van der Waals surface area contributed by atoms with Crippen molar-refractivity contribution in [2.45, 2.75) is 19.4 Å². The predicted molar refractivity (Wildman–Crippen MR) is 107 cm³/mol. The third-order valence-corrected chi connectivity index (χ3v) is 5.38. The molecule has 10 nitrogen and oxygen atoms in total. The van der Waals surface area contributed by atoms with E-state index in [-0.39, 0.29) is 30.5 Å². The lowest BCUT2D eigenvalue weighted by Gasteiger charge is -2.34. The van der Waals surface area contributed by atoms with Gasteiger partial charge in [0.15, 0.2) is 11.5 Å². The minimum Gasteiger partial charge on any atom is -0.486 e. The number of rotatable bonds is 3. The molecule has 0 bridgehead atoms. The minimum absolute atomic E-state index is 0.0518. The van der Waals surface area contributed by atoms with Crippen LogP contribution in [0.2, 0.25) is 0 Å². The summed E-state index contributed by atoms with van der Waals surface area (Å²) in [7, 11) is 0. The molecule has 0 saturated carbocycles. The van der Waals surface area contributed by atoms with E-state index in [0.717, 1.165) is 5.69 Å². The highest BCUT2D eigenvalue weighted by molar-refractivity contribution is 5.97. The Hall–Kier alpha value is -3.17. The molecule has 4 amide bonds. The quantitative estimate of drug-likeness (QED) is 0.788. The third kappa shape index (κ3) is 4.22. The molecule has 0 unspecified atom stereocenters. The molecule has 0 radical (unpaired) electrons. The van der Waals surface area contributed by atoms with Gasteiger partial charge in [-0.3, -0.25) is 4.79 Å². The highest BCUT2D eigenvalue weighted by Gasteiger charge is 2.34. The van der Waals surface area contributed by atoms with Gasteiger partial charge in [-0.25, -0.2) is 9.59 Å². The van der Waals surface area contributed by atoms with Crippen molar-refractivity contribution in [3.05, 3.63) is 18.2 Å². The summed E-state index contributed by atoms with van der Waals surface area (Å²) in [6.07, 6.45) is -0.114. The third-order valence-electron chi connectivity index (χ3n) is 5.38. The molecule has 2 saturated heterocycles. The highest BCUT2D eigenvalue weighted by Crippen LogP contribution is 2.35. The SMILES string of the molecule is CCOC(=O)N1CCN(C(=O)N[C@@H]2CC(=O)N(c3ccc4c(c3)OCCO4)C2)CC1. The fraction of sp³-hybridized carbons (Fsp3) is 0.550. The molecule has 3 heterocycles. The van der Waals surface area contributed by atoms with E-state index < -0.39 is 0 Å². The summed E-state index contributed by atoms with van der Waals surface area (Å²) < 4.78 is 16.1. The molecule has 0 spiro atoms. The van der Waals surface area contributed by atoms with Crippen molar-refractivity contribution in [1.29, 1.82) is 0 Å². The lowest BCUT2D eigenvalue weighted by Crippen LogP contribution is -2.54. The number of nitrogens with zero attached hydrogens (tertiary/aromatic N) is 3. The number of nitrogens with one attached hydrogen (secondary N) is 1. The molecule has 10 heteroatoms. The number of carbonyl (C=O) groups excluding carboxylic acids is 3. The number of ether oxygens (including phenoxy) is 3. The molecular weight excluding hydrogens is 392 g/mol. The maximum absolute atomic E-state index is 12.6. The molecule has 1 aromatic carbocycles. The van der Waals surface area contributed by atoms with Crippen LogP contribution in [0.4, 0.5) is 15.3 Å². The molecule has 0 aromatic heterocycles. The fourth-order valence-corrected chi connectivity index (χ4v) is 3.83. The monoisotopic (exact) mass is 418 g/mol. The summed E-state index contributed by atoms with van der Waals surface area (Å²) in [5, 5.41) is 2.94. The maximum atomic E-state index is 12.6. The number of amides is 4. The van der Waals surface area contributed by atoms with Gasteiger partial charge in [0.25, 0.3) is 0 Å². The zero-order valence-electron chi connectivity index (χ0n) is 17.0. The van der Waals surface area contributed by atoms with Gasteiger partial charge in [-0.15, -0.1) is 0 Å². The summed E-state index contributed by atoms with van der Waals surface area (Å²) >= 11 is 0. The van der Waals surface area contributed by atoms with Gasteiger partial charge in [0.05, 0.1) is 12.6 Å². The van der Waals surface area contributed by atoms with E-state index in [1.807, 2.05) is 6.07 Å². The number of urea groups is 1. The molecular formula is C20H26N4O6. The molecule has 162 valence electrons. The van der Waals surface area contributed by atoms with Crippen molar-refractivity contribution in [3.8, 4) is 11.5 Å². The number of carbonyl (C=O) groups is 3. The zero-order valence-corrected chi connectivity index (χ0v) is 17.0. The van der Waals surface area contributed by atoms with Gasteiger partial charge in [0.2, 0.25) is 5.91 Å². The lowest BCUT2D eigenvalue weighted by atomic mass is 10.2.